The molecule has 40 heavy (non-hydrogen) atoms. The molecule has 2 rings (SSSR count). The van der Waals surface area contributed by atoms with E-state index in [1.54, 1.807) is 30.3 Å². The fourth-order valence-corrected chi connectivity index (χ4v) is 3.87. The van der Waals surface area contributed by atoms with Crippen LogP contribution >= 0.6 is 0 Å². The van der Waals surface area contributed by atoms with Crippen LogP contribution in [-0.4, -0.2) is 47.3 Å². The van der Waals surface area contributed by atoms with Crippen molar-refractivity contribution in [2.45, 2.75) is 68.2 Å². The van der Waals surface area contributed by atoms with Crippen molar-refractivity contribution in [2.75, 3.05) is 13.2 Å². The molecule has 0 bridgehead atoms. The summed E-state index contributed by atoms with van der Waals surface area (Å²) in [6.07, 6.45) is 1.33. The summed E-state index contributed by atoms with van der Waals surface area (Å²) in [6.45, 7) is 16.6. The summed E-state index contributed by atoms with van der Waals surface area (Å²) in [7, 11) is 0. The van der Waals surface area contributed by atoms with Crippen molar-refractivity contribution in [1.82, 2.24) is 0 Å². The average molecular weight is 557 g/mol. The Hall–Kier alpha value is -3.68. The highest BCUT2D eigenvalue weighted by Gasteiger charge is 2.23. The normalized spacial score (nSPS) is 10.9. The van der Waals surface area contributed by atoms with Gasteiger partial charge in [0.25, 0.3) is 0 Å². The fourth-order valence-electron chi connectivity index (χ4n) is 3.87. The van der Waals surface area contributed by atoms with E-state index in [4.69, 9.17) is 9.47 Å². The highest BCUT2D eigenvalue weighted by atomic mass is 16.5. The van der Waals surface area contributed by atoms with Crippen molar-refractivity contribution in [2.24, 2.45) is 23.7 Å². The third-order valence-corrected chi connectivity index (χ3v) is 5.56. The van der Waals surface area contributed by atoms with Gasteiger partial charge in [0.05, 0.1) is 35.5 Å². The standard InChI is InChI=1S/2C16H22O4/c1-9(2)7-11-5-6-12(15(17)18)14(16(19)20)13(11)8-10(3)4;1-11(2)9-19-15(17)13-7-5-6-8-14(13)16(18)20-10-12(3)4/h5-6,9-10H,7-8H2,1-4H3,(H,17,18)(H,19,20);5-8,11-12H,9-10H2,1-4H3. The Morgan fingerprint density at radius 3 is 1.40 bits per heavy atom. The summed E-state index contributed by atoms with van der Waals surface area (Å²) < 4.78 is 10.3. The Bertz CT molecular complexity index is 1120. The number of aromatic carboxylic acids is 2. The number of esters is 2. The van der Waals surface area contributed by atoms with E-state index in [9.17, 15) is 29.4 Å². The van der Waals surface area contributed by atoms with Crippen molar-refractivity contribution in [3.05, 3.63) is 69.8 Å². The van der Waals surface area contributed by atoms with E-state index in [0.717, 1.165) is 12.0 Å². The number of carboxylic acid groups (broad SMARTS) is 2. The molecule has 2 aromatic carbocycles. The SMILES string of the molecule is CC(C)COC(=O)c1ccccc1C(=O)OCC(C)C.CC(C)Cc1ccc(C(=O)O)c(C(=O)O)c1CC(C)C. The van der Waals surface area contributed by atoms with Crippen LogP contribution in [0.2, 0.25) is 0 Å². The van der Waals surface area contributed by atoms with E-state index in [-0.39, 0.29) is 40.0 Å². The van der Waals surface area contributed by atoms with Crippen molar-refractivity contribution in [1.29, 1.82) is 0 Å². The fraction of sp³-hybridized carbons (Fsp3) is 0.500. The molecular formula is C32H44O8. The monoisotopic (exact) mass is 556 g/mol. The van der Waals surface area contributed by atoms with Crippen LogP contribution in [0.4, 0.5) is 0 Å². The van der Waals surface area contributed by atoms with Crippen LogP contribution < -0.4 is 0 Å². The van der Waals surface area contributed by atoms with Gasteiger partial charge in [-0.2, -0.15) is 0 Å². The van der Waals surface area contributed by atoms with Gasteiger partial charge in [-0.3, -0.25) is 0 Å². The molecule has 0 unspecified atom stereocenters. The Labute approximate surface area is 237 Å². The smallest absolute Gasteiger partial charge is 0.339 e. The highest BCUT2D eigenvalue weighted by Crippen LogP contribution is 2.25. The topological polar surface area (TPSA) is 127 Å². The first-order chi connectivity index (χ1) is 18.6. The second-order valence-corrected chi connectivity index (χ2v) is 11.5. The van der Waals surface area contributed by atoms with Gasteiger partial charge in [0.1, 0.15) is 0 Å². The van der Waals surface area contributed by atoms with Gasteiger partial charge in [0.15, 0.2) is 0 Å². The van der Waals surface area contributed by atoms with Gasteiger partial charge in [-0.1, -0.05) is 73.6 Å². The molecule has 0 amide bonds. The molecule has 0 fully saturated rings. The van der Waals surface area contributed by atoms with E-state index in [1.807, 2.05) is 41.5 Å². The first kappa shape index (κ1) is 34.3. The van der Waals surface area contributed by atoms with Crippen LogP contribution in [0.1, 0.15) is 108 Å². The van der Waals surface area contributed by atoms with E-state index in [2.05, 4.69) is 13.8 Å². The number of hydrogen-bond donors (Lipinski definition) is 2. The number of carboxylic acids is 2. The lowest BCUT2D eigenvalue weighted by Crippen LogP contribution is -2.17. The number of rotatable bonds is 12. The van der Waals surface area contributed by atoms with Crippen LogP contribution in [0.25, 0.3) is 0 Å². The summed E-state index contributed by atoms with van der Waals surface area (Å²) >= 11 is 0. The Balaban J connectivity index is 0.000000400. The largest absolute Gasteiger partial charge is 0.478 e. The number of ether oxygens (including phenoxy) is 2. The molecule has 0 saturated heterocycles. The Kier molecular flexibility index (Phi) is 14.1. The predicted octanol–water partition coefficient (Wildman–Crippen LogP) is 6.79. The zero-order chi connectivity index (χ0) is 30.6. The van der Waals surface area contributed by atoms with Gasteiger partial charge in [-0.05, 0) is 65.8 Å². The van der Waals surface area contributed by atoms with Crippen LogP contribution in [0.15, 0.2) is 36.4 Å². The quantitative estimate of drug-likeness (QED) is 0.274. The lowest BCUT2D eigenvalue weighted by atomic mass is 9.87. The van der Waals surface area contributed by atoms with Gasteiger partial charge in [0, 0.05) is 0 Å². The zero-order valence-corrected chi connectivity index (χ0v) is 24.9. The number of benzene rings is 2. The molecule has 220 valence electrons. The lowest BCUT2D eigenvalue weighted by molar-refractivity contribution is 0.0412. The van der Waals surface area contributed by atoms with Crippen molar-refractivity contribution in [3.8, 4) is 0 Å². The second kappa shape index (κ2) is 16.4. The third kappa shape index (κ3) is 11.2. The molecule has 8 heteroatoms. The summed E-state index contributed by atoms with van der Waals surface area (Å²) in [5, 5.41) is 18.6. The number of hydrogen-bond acceptors (Lipinski definition) is 6. The molecule has 0 aromatic heterocycles. The Morgan fingerprint density at radius 2 is 1.05 bits per heavy atom. The molecule has 0 spiro atoms. The van der Waals surface area contributed by atoms with E-state index >= 15 is 0 Å². The maximum Gasteiger partial charge on any atom is 0.339 e. The molecule has 0 aliphatic rings. The van der Waals surface area contributed by atoms with Crippen molar-refractivity contribution in [3.63, 3.8) is 0 Å². The molecule has 8 nitrogen and oxygen atoms in total. The molecule has 0 atom stereocenters. The summed E-state index contributed by atoms with van der Waals surface area (Å²) in [6, 6.07) is 9.72. The highest BCUT2D eigenvalue weighted by molar-refractivity contribution is 6.03. The maximum absolute atomic E-state index is 12.0. The number of carbonyl (C=O) groups excluding carboxylic acids is 2. The molecule has 2 N–H and O–H groups in total. The molecule has 0 radical (unpaired) electrons. The van der Waals surface area contributed by atoms with E-state index < -0.39 is 23.9 Å². The molecule has 0 saturated carbocycles. The van der Waals surface area contributed by atoms with Crippen LogP contribution in [0, 0.1) is 23.7 Å². The minimum Gasteiger partial charge on any atom is -0.478 e. The lowest BCUT2D eigenvalue weighted by Gasteiger charge is -2.17. The van der Waals surface area contributed by atoms with Gasteiger partial charge < -0.3 is 19.7 Å². The third-order valence-electron chi connectivity index (χ3n) is 5.56. The summed E-state index contributed by atoms with van der Waals surface area (Å²) in [4.78, 5) is 46.7. The summed E-state index contributed by atoms with van der Waals surface area (Å²) in [5.41, 5.74) is 1.94. The van der Waals surface area contributed by atoms with Gasteiger partial charge in [-0.15, -0.1) is 0 Å². The average Bonchev–Trinajstić information content (AvgIpc) is 2.86. The van der Waals surface area contributed by atoms with E-state index in [1.165, 1.54) is 6.07 Å². The maximum atomic E-state index is 12.0. The first-order valence-corrected chi connectivity index (χ1v) is 13.7. The second-order valence-electron chi connectivity index (χ2n) is 11.5. The Morgan fingerprint density at radius 1 is 0.600 bits per heavy atom. The van der Waals surface area contributed by atoms with Crippen molar-refractivity contribution < 1.29 is 38.9 Å². The van der Waals surface area contributed by atoms with Gasteiger partial charge >= 0.3 is 23.9 Å². The van der Waals surface area contributed by atoms with Crippen molar-refractivity contribution >= 4 is 23.9 Å². The molecule has 0 heterocycles. The summed E-state index contributed by atoms with van der Waals surface area (Å²) in [5.74, 6) is -2.18. The molecular weight excluding hydrogens is 512 g/mol. The van der Waals surface area contributed by atoms with Crippen LogP contribution in [-0.2, 0) is 22.3 Å². The first-order valence-electron chi connectivity index (χ1n) is 13.7. The molecule has 2 aromatic rings. The molecule has 0 aliphatic carbocycles. The minimum atomic E-state index is -1.19. The predicted molar refractivity (Wildman–Crippen MR) is 154 cm³/mol. The van der Waals surface area contributed by atoms with Crippen LogP contribution in [0.5, 0.6) is 0 Å². The van der Waals surface area contributed by atoms with Gasteiger partial charge in [0.2, 0.25) is 0 Å². The van der Waals surface area contributed by atoms with Gasteiger partial charge in [-0.25, -0.2) is 19.2 Å². The minimum absolute atomic E-state index is 0.0515. The van der Waals surface area contributed by atoms with Crippen LogP contribution in [0.3, 0.4) is 0 Å². The molecule has 0 aliphatic heterocycles. The number of carbonyl (C=O) groups is 4. The van der Waals surface area contributed by atoms with E-state index in [0.29, 0.717) is 31.1 Å². The zero-order valence-electron chi connectivity index (χ0n) is 24.9.